The topological polar surface area (TPSA) is 29.4 Å². The molecule has 0 N–H and O–H groups in total. The molecule has 8 atom stereocenters. The van der Waals surface area contributed by atoms with E-state index in [1.807, 2.05) is 0 Å². The molecule has 4 saturated carbocycles. The lowest BCUT2D eigenvalue weighted by molar-refractivity contribution is 0.0148. The molecule has 0 radical (unpaired) electrons. The molecule has 5 aliphatic rings. The first-order valence-electron chi connectivity index (χ1n) is 8.74. The van der Waals surface area contributed by atoms with Gasteiger partial charge >= 0.3 is 0 Å². The number of nitroso groups, excluding NO2 is 1. The molecular weight excluding hydrogens is 246 g/mol. The van der Waals surface area contributed by atoms with E-state index in [2.05, 4.69) is 19.0 Å². The molecule has 0 bridgehead atoms. The Hall–Kier alpha value is -0.660. The molecule has 6 unspecified atom stereocenters. The fraction of sp³-hybridized carbons (Fsp3) is 0.889. The molecule has 0 aromatic heterocycles. The zero-order valence-electron chi connectivity index (χ0n) is 12.6. The Bertz CT molecular complexity index is 524. The zero-order valence-corrected chi connectivity index (χ0v) is 12.6. The minimum atomic E-state index is 0.0362. The molecule has 20 heavy (non-hydrogen) atoms. The van der Waals surface area contributed by atoms with Gasteiger partial charge in [-0.05, 0) is 60.3 Å². The van der Waals surface area contributed by atoms with Crippen LogP contribution >= 0.6 is 0 Å². The highest BCUT2D eigenvalue weighted by atomic mass is 16.3. The summed E-state index contributed by atoms with van der Waals surface area (Å²) in [6.45, 7) is 4.92. The highest BCUT2D eigenvalue weighted by molar-refractivity contribution is 5.64. The van der Waals surface area contributed by atoms with Crippen molar-refractivity contribution in [2.45, 2.75) is 58.4 Å². The van der Waals surface area contributed by atoms with E-state index in [1.54, 1.807) is 5.57 Å². The van der Waals surface area contributed by atoms with Crippen molar-refractivity contribution in [3.05, 3.63) is 16.1 Å². The molecule has 5 aliphatic carbocycles. The van der Waals surface area contributed by atoms with E-state index in [-0.39, 0.29) is 6.04 Å². The largest absolute Gasteiger partial charge is 0.150 e. The van der Waals surface area contributed by atoms with Gasteiger partial charge in [0.25, 0.3) is 0 Å². The van der Waals surface area contributed by atoms with Crippen molar-refractivity contribution in [2.75, 3.05) is 0 Å². The van der Waals surface area contributed by atoms with Gasteiger partial charge in [-0.3, -0.25) is 0 Å². The van der Waals surface area contributed by atoms with Crippen LogP contribution in [0, 0.1) is 45.8 Å². The van der Waals surface area contributed by atoms with Crippen molar-refractivity contribution in [1.82, 2.24) is 0 Å². The summed E-state index contributed by atoms with van der Waals surface area (Å²) in [7, 11) is 0. The standard InChI is InChI=1S/C18H25NO/c1-9-4-3-5-10-8-11(10)6-7-12(19-20)16-14-13-15(9)18(16,2)17(13)14/h9-13,15,17H,3-8H2,1-2H3/t9?,10?,11?,12?,13?,15-,17?,18-/m0/s1. The smallest absolute Gasteiger partial charge is 0.114 e. The maximum Gasteiger partial charge on any atom is 0.114 e. The van der Waals surface area contributed by atoms with Crippen molar-refractivity contribution >= 4 is 0 Å². The molecule has 108 valence electrons. The first-order valence-corrected chi connectivity index (χ1v) is 8.74. The monoisotopic (exact) mass is 271 g/mol. The summed E-state index contributed by atoms with van der Waals surface area (Å²) in [6.07, 6.45) is 8.01. The van der Waals surface area contributed by atoms with E-state index in [0.29, 0.717) is 5.41 Å². The third-order valence-electron chi connectivity index (χ3n) is 7.75. The molecule has 5 rings (SSSR count). The van der Waals surface area contributed by atoms with Gasteiger partial charge in [-0.1, -0.05) is 43.9 Å². The van der Waals surface area contributed by atoms with Crippen molar-refractivity contribution in [3.8, 4) is 0 Å². The highest BCUT2D eigenvalue weighted by Crippen LogP contribution is 2.88. The fourth-order valence-electron chi connectivity index (χ4n) is 6.79. The van der Waals surface area contributed by atoms with Crippen LogP contribution in [0.3, 0.4) is 0 Å². The van der Waals surface area contributed by atoms with Crippen LogP contribution in [0.15, 0.2) is 16.3 Å². The molecule has 0 heterocycles. The third kappa shape index (κ3) is 1.19. The maximum absolute atomic E-state index is 11.4. The van der Waals surface area contributed by atoms with Gasteiger partial charge < -0.3 is 0 Å². The van der Waals surface area contributed by atoms with Crippen molar-refractivity contribution in [2.24, 2.45) is 46.1 Å². The van der Waals surface area contributed by atoms with Gasteiger partial charge in [0.05, 0.1) is 0 Å². The van der Waals surface area contributed by atoms with E-state index in [1.165, 1.54) is 37.7 Å². The van der Waals surface area contributed by atoms with Crippen LogP contribution in [0.5, 0.6) is 0 Å². The Morgan fingerprint density at radius 1 is 1.15 bits per heavy atom. The highest BCUT2D eigenvalue weighted by Gasteiger charge is 2.83. The van der Waals surface area contributed by atoms with Gasteiger partial charge in [0.15, 0.2) is 0 Å². The molecule has 0 spiro atoms. The van der Waals surface area contributed by atoms with Crippen LogP contribution < -0.4 is 0 Å². The average molecular weight is 271 g/mol. The lowest BCUT2D eigenvalue weighted by atomic mass is 9.51. The van der Waals surface area contributed by atoms with E-state index in [0.717, 1.165) is 41.9 Å². The number of rotatable bonds is 1. The molecule has 4 fully saturated rings. The predicted molar refractivity (Wildman–Crippen MR) is 79.0 cm³/mol. The summed E-state index contributed by atoms with van der Waals surface area (Å²) >= 11 is 0. The van der Waals surface area contributed by atoms with Crippen molar-refractivity contribution < 1.29 is 0 Å². The van der Waals surface area contributed by atoms with Gasteiger partial charge in [-0.15, -0.1) is 0 Å². The van der Waals surface area contributed by atoms with Gasteiger partial charge in [0.2, 0.25) is 0 Å². The summed E-state index contributed by atoms with van der Waals surface area (Å²) in [6, 6.07) is 0.0362. The molecule has 0 amide bonds. The van der Waals surface area contributed by atoms with Gasteiger partial charge in [-0.25, -0.2) is 0 Å². The van der Waals surface area contributed by atoms with Crippen LogP contribution in [0.2, 0.25) is 0 Å². The van der Waals surface area contributed by atoms with Gasteiger partial charge in [-0.2, -0.15) is 4.91 Å². The fourth-order valence-corrected chi connectivity index (χ4v) is 6.79. The van der Waals surface area contributed by atoms with Crippen LogP contribution in [0.1, 0.15) is 52.4 Å². The van der Waals surface area contributed by atoms with E-state index in [4.69, 9.17) is 0 Å². The molecule has 0 saturated heterocycles. The van der Waals surface area contributed by atoms with Crippen LogP contribution in [0.25, 0.3) is 0 Å². The Morgan fingerprint density at radius 3 is 2.75 bits per heavy atom. The summed E-state index contributed by atoms with van der Waals surface area (Å²) in [5.74, 6) is 5.38. The summed E-state index contributed by atoms with van der Waals surface area (Å²) in [5, 5.41) is 3.56. The number of allylic oxidation sites excluding steroid dienone is 1. The van der Waals surface area contributed by atoms with Gasteiger partial charge in [0.1, 0.15) is 6.04 Å². The number of hydrogen-bond donors (Lipinski definition) is 0. The minimum Gasteiger partial charge on any atom is -0.150 e. The van der Waals surface area contributed by atoms with Crippen LogP contribution in [-0.2, 0) is 0 Å². The second-order valence-electron chi connectivity index (χ2n) is 8.54. The molecule has 0 aromatic carbocycles. The second kappa shape index (κ2) is 3.56. The second-order valence-corrected chi connectivity index (χ2v) is 8.54. The summed E-state index contributed by atoms with van der Waals surface area (Å²) in [4.78, 5) is 11.4. The Labute approximate surface area is 121 Å². The molecule has 0 aromatic rings. The Kier molecular flexibility index (Phi) is 2.13. The predicted octanol–water partition coefficient (Wildman–Crippen LogP) is 4.55. The lowest BCUT2D eigenvalue weighted by Gasteiger charge is -2.52. The first kappa shape index (κ1) is 11.9. The number of nitrogens with zero attached hydrogens (tertiary/aromatic N) is 1. The lowest BCUT2D eigenvalue weighted by Crippen LogP contribution is -2.49. The first-order chi connectivity index (χ1) is 9.67. The molecule has 2 nitrogen and oxygen atoms in total. The third-order valence-corrected chi connectivity index (χ3v) is 7.75. The Balaban J connectivity index is 1.46. The number of hydrogen-bond acceptors (Lipinski definition) is 2. The zero-order chi connectivity index (χ0) is 13.6. The van der Waals surface area contributed by atoms with E-state index in [9.17, 15) is 4.91 Å². The molecule has 0 aliphatic heterocycles. The average Bonchev–Trinajstić information content (AvgIpc) is 3.26. The number of fused-ring (bicyclic) bond motifs is 3. The minimum absolute atomic E-state index is 0.0362. The van der Waals surface area contributed by atoms with Gasteiger partial charge in [0, 0.05) is 5.41 Å². The maximum atomic E-state index is 11.4. The van der Waals surface area contributed by atoms with E-state index >= 15 is 0 Å². The van der Waals surface area contributed by atoms with Crippen LogP contribution in [-0.4, -0.2) is 6.04 Å². The summed E-state index contributed by atoms with van der Waals surface area (Å²) in [5.41, 5.74) is 3.61. The van der Waals surface area contributed by atoms with Crippen molar-refractivity contribution in [1.29, 1.82) is 0 Å². The summed E-state index contributed by atoms with van der Waals surface area (Å²) < 4.78 is 0. The van der Waals surface area contributed by atoms with Crippen molar-refractivity contribution in [3.63, 3.8) is 0 Å². The Morgan fingerprint density at radius 2 is 1.95 bits per heavy atom. The van der Waals surface area contributed by atoms with E-state index < -0.39 is 0 Å². The normalized spacial score (nSPS) is 59.0. The SMILES string of the molecule is CC1CCCC2CC2CCC(N=O)C2=C3C4C3[C@@]2(C)[C@@H]14. The molecule has 2 heteroatoms. The molecular formula is C18H25NO. The van der Waals surface area contributed by atoms with Crippen LogP contribution in [0.4, 0.5) is 0 Å². The quantitative estimate of drug-likeness (QED) is 0.508.